The minimum Gasteiger partial charge on any atom is -0.493 e. The van der Waals surface area contributed by atoms with Gasteiger partial charge in [0.2, 0.25) is 0 Å². The molecule has 3 aromatic rings. The van der Waals surface area contributed by atoms with E-state index in [0.29, 0.717) is 54.0 Å². The van der Waals surface area contributed by atoms with Gasteiger partial charge in [-0.15, -0.1) is 10.8 Å². The molecule has 3 N–H and O–H groups in total. The van der Waals surface area contributed by atoms with Gasteiger partial charge in [-0.05, 0) is 50.5 Å². The summed E-state index contributed by atoms with van der Waals surface area (Å²) in [6.45, 7) is 1.94. The van der Waals surface area contributed by atoms with Gasteiger partial charge >= 0.3 is 0 Å². The molecule has 0 aliphatic carbocycles. The first-order valence-electron chi connectivity index (χ1n) is 10.8. The fourth-order valence-electron chi connectivity index (χ4n) is 3.71. The Balaban J connectivity index is 1.93. The smallest absolute Gasteiger partial charge is 0.254 e. The molecule has 0 radical (unpaired) electrons. The van der Waals surface area contributed by atoms with Crippen molar-refractivity contribution in [3.63, 3.8) is 0 Å². The zero-order valence-corrected chi connectivity index (χ0v) is 19.6. The Morgan fingerprint density at radius 2 is 1.88 bits per heavy atom. The summed E-state index contributed by atoms with van der Waals surface area (Å²) in [5.41, 5.74) is 1.44. The van der Waals surface area contributed by atoms with E-state index in [2.05, 4.69) is 4.72 Å². The van der Waals surface area contributed by atoms with E-state index >= 15 is 0 Å². The highest BCUT2D eigenvalue weighted by Crippen LogP contribution is 2.44. The summed E-state index contributed by atoms with van der Waals surface area (Å²) in [6, 6.07) is 8.13. The Morgan fingerprint density at radius 3 is 2.65 bits per heavy atom. The molecular formula is C24H26F2N2O5S. The van der Waals surface area contributed by atoms with Crippen molar-refractivity contribution in [1.82, 2.24) is 4.57 Å². The maximum Gasteiger partial charge on any atom is 0.254 e. The zero-order chi connectivity index (χ0) is 24.5. The quantitative estimate of drug-likeness (QED) is 0.419. The number of aromatic nitrogens is 1. The third kappa shape index (κ3) is 5.19. The van der Waals surface area contributed by atoms with Crippen LogP contribution in [-0.2, 0) is 13.5 Å². The predicted molar refractivity (Wildman–Crippen MR) is 129 cm³/mol. The lowest BCUT2D eigenvalue weighted by atomic mass is 10.0. The summed E-state index contributed by atoms with van der Waals surface area (Å²) in [4.78, 5) is 12.3. The van der Waals surface area contributed by atoms with E-state index in [1.54, 1.807) is 38.4 Å². The van der Waals surface area contributed by atoms with Crippen LogP contribution in [-0.4, -0.2) is 26.0 Å². The molecule has 0 amide bonds. The van der Waals surface area contributed by atoms with E-state index in [9.17, 15) is 22.7 Å². The van der Waals surface area contributed by atoms with Crippen molar-refractivity contribution in [2.75, 3.05) is 17.1 Å². The number of rotatable bonds is 3. The number of halogens is 2. The molecule has 4 rings (SSSR count). The van der Waals surface area contributed by atoms with Crippen molar-refractivity contribution >= 4 is 16.5 Å². The number of hydrogen-bond acceptors (Lipinski definition) is 6. The Labute approximate surface area is 197 Å². The van der Waals surface area contributed by atoms with Gasteiger partial charge in [0, 0.05) is 42.1 Å². The lowest BCUT2D eigenvalue weighted by Crippen LogP contribution is -2.16. The predicted octanol–water partition coefficient (Wildman–Crippen LogP) is 5.94. The van der Waals surface area contributed by atoms with Crippen molar-refractivity contribution in [1.29, 1.82) is 0 Å². The van der Waals surface area contributed by atoms with Crippen molar-refractivity contribution in [2.24, 2.45) is 7.05 Å². The largest absolute Gasteiger partial charge is 0.493 e. The fourth-order valence-corrected chi connectivity index (χ4v) is 4.36. The maximum absolute atomic E-state index is 14.8. The topological polar surface area (TPSA) is 93.0 Å². The second-order valence-electron chi connectivity index (χ2n) is 8.05. The number of pyridine rings is 1. The van der Waals surface area contributed by atoms with Crippen LogP contribution < -0.4 is 19.8 Å². The Kier molecular flexibility index (Phi) is 6.83. The molecule has 2 heterocycles. The normalized spacial score (nSPS) is 14.3. The minimum atomic E-state index is -3.07. The number of aryl methyl sites for hydroxylation is 2. The summed E-state index contributed by atoms with van der Waals surface area (Å²) in [7, 11) is -1.48. The number of hydrogen-bond donors (Lipinski definition) is 3. The molecule has 1 aliphatic heterocycles. The maximum atomic E-state index is 14.8. The van der Waals surface area contributed by atoms with Gasteiger partial charge in [0.1, 0.15) is 17.3 Å². The Hall–Kier alpha value is -3.08. The van der Waals surface area contributed by atoms with Gasteiger partial charge in [0.15, 0.2) is 11.6 Å². The molecule has 182 valence electrons. The van der Waals surface area contributed by atoms with Gasteiger partial charge in [-0.25, -0.2) is 8.78 Å². The summed E-state index contributed by atoms with van der Waals surface area (Å²) in [5.74, 6) is -0.930. The lowest BCUT2D eigenvalue weighted by molar-refractivity contribution is 0.306. The number of fused-ring (bicyclic) bond motifs is 4. The molecule has 1 aliphatic rings. The van der Waals surface area contributed by atoms with E-state index in [4.69, 9.17) is 9.47 Å². The van der Waals surface area contributed by atoms with E-state index in [0.717, 1.165) is 6.07 Å². The van der Waals surface area contributed by atoms with Crippen LogP contribution in [0.5, 0.6) is 17.2 Å². The number of ether oxygens (including phenoxy) is 2. The van der Waals surface area contributed by atoms with Gasteiger partial charge in [0.25, 0.3) is 5.56 Å². The number of nitrogens with zero attached hydrogens (tertiary/aromatic N) is 1. The molecule has 0 saturated carbocycles. The molecule has 0 unspecified atom stereocenters. The van der Waals surface area contributed by atoms with E-state index in [1.165, 1.54) is 16.7 Å². The van der Waals surface area contributed by atoms with Crippen LogP contribution in [0.2, 0.25) is 0 Å². The standard InChI is InChI=1S/C24H26F2N2O5S/c1-3-34(30,31)27-17-7-8-21-18(12-17)19-14-28(2)23(29)13-22(19)32-9-5-4-6-15-10-16(25)11-20(26)24(15)33-21/h7-8,10-14,27,30-31H,3-6,9H2,1-2H3. The van der Waals surface area contributed by atoms with Crippen molar-refractivity contribution in [2.45, 2.75) is 26.2 Å². The monoisotopic (exact) mass is 492 g/mol. The molecule has 10 heteroatoms. The highest BCUT2D eigenvalue weighted by Gasteiger charge is 2.21. The third-order valence-corrected chi connectivity index (χ3v) is 6.91. The molecule has 0 saturated heterocycles. The number of anilines is 1. The average molecular weight is 493 g/mol. The third-order valence-electron chi connectivity index (χ3n) is 5.54. The summed E-state index contributed by atoms with van der Waals surface area (Å²) < 4.78 is 65.0. The Bertz CT molecular complexity index is 1280. The van der Waals surface area contributed by atoms with Gasteiger partial charge < -0.3 is 14.0 Å². The molecule has 7 nitrogen and oxygen atoms in total. The first-order chi connectivity index (χ1) is 16.2. The molecule has 0 fully saturated rings. The van der Waals surface area contributed by atoms with E-state index < -0.39 is 22.4 Å². The highest BCUT2D eigenvalue weighted by molar-refractivity contribution is 8.25. The molecule has 34 heavy (non-hydrogen) atoms. The van der Waals surface area contributed by atoms with E-state index in [-0.39, 0.29) is 22.8 Å². The number of benzene rings is 2. The van der Waals surface area contributed by atoms with Crippen LogP contribution in [0.4, 0.5) is 14.5 Å². The lowest BCUT2D eigenvalue weighted by Gasteiger charge is -2.32. The number of nitrogens with one attached hydrogen (secondary N) is 1. The Morgan fingerprint density at radius 1 is 1.09 bits per heavy atom. The minimum absolute atomic E-state index is 0.0749. The summed E-state index contributed by atoms with van der Waals surface area (Å²) in [5, 5.41) is 0. The van der Waals surface area contributed by atoms with E-state index in [1.807, 2.05) is 0 Å². The van der Waals surface area contributed by atoms with Gasteiger partial charge in [-0.1, -0.05) is 0 Å². The van der Waals surface area contributed by atoms with Crippen molar-refractivity contribution < 1.29 is 27.4 Å². The van der Waals surface area contributed by atoms with Crippen LogP contribution in [0.1, 0.15) is 25.3 Å². The molecule has 0 bridgehead atoms. The van der Waals surface area contributed by atoms with Crippen LogP contribution in [0, 0.1) is 11.6 Å². The van der Waals surface area contributed by atoms with Crippen LogP contribution >= 0.6 is 10.8 Å². The SMILES string of the molecule is CCS(O)(O)Nc1ccc2c(c1)-c1cn(C)c(=O)cc1OCCCCc1cc(F)cc(F)c1O2. The van der Waals surface area contributed by atoms with Crippen LogP contribution in [0.3, 0.4) is 0 Å². The first kappa shape index (κ1) is 24.1. The highest BCUT2D eigenvalue weighted by atomic mass is 32.3. The molecule has 0 atom stereocenters. The molecule has 1 aromatic heterocycles. The first-order valence-corrected chi connectivity index (χ1v) is 12.6. The van der Waals surface area contributed by atoms with Crippen LogP contribution in [0.25, 0.3) is 11.1 Å². The second kappa shape index (κ2) is 9.65. The van der Waals surface area contributed by atoms with Crippen molar-refractivity contribution in [3.8, 4) is 28.4 Å². The zero-order valence-electron chi connectivity index (χ0n) is 18.8. The van der Waals surface area contributed by atoms with Gasteiger partial charge in [-0.3, -0.25) is 18.6 Å². The molecule has 0 spiro atoms. The summed E-state index contributed by atoms with van der Waals surface area (Å²) >= 11 is 0. The van der Waals surface area contributed by atoms with Gasteiger partial charge in [-0.2, -0.15) is 0 Å². The average Bonchev–Trinajstić information content (AvgIpc) is 2.77. The molecular weight excluding hydrogens is 466 g/mol. The second-order valence-corrected chi connectivity index (χ2v) is 10.2. The van der Waals surface area contributed by atoms with Crippen LogP contribution in [0.15, 0.2) is 47.4 Å². The van der Waals surface area contributed by atoms with Gasteiger partial charge in [0.05, 0.1) is 18.0 Å². The fraction of sp³-hybridized carbons (Fsp3) is 0.292. The molecule has 2 aromatic carbocycles. The van der Waals surface area contributed by atoms with Crippen molar-refractivity contribution in [3.05, 3.63) is 70.1 Å². The summed E-state index contributed by atoms with van der Waals surface area (Å²) in [6.07, 6.45) is 3.15.